The van der Waals surface area contributed by atoms with Crippen LogP contribution in [0, 0.1) is 5.82 Å². The standard InChI is InChI=1S/C20H17FN4O5/c1-23-19(28)13-16(26)14-15-17(30-12(18(22)27)8-25(15)20(13)29)10(7-24-14)6-9-2-4-11(21)5-3-9/h2-5,7,12,26H,6,8H2,1H3,(H2,22,27)(H,23,28)/t12-/m0/s1. The second-order valence-corrected chi connectivity index (χ2v) is 6.84. The lowest BCUT2D eigenvalue weighted by atomic mass is 10.0. The van der Waals surface area contributed by atoms with Gasteiger partial charge in [-0.25, -0.2) is 4.39 Å². The summed E-state index contributed by atoms with van der Waals surface area (Å²) < 4.78 is 20.1. The molecule has 2 amide bonds. The number of pyridine rings is 2. The summed E-state index contributed by atoms with van der Waals surface area (Å²) in [5, 5.41) is 12.9. The summed E-state index contributed by atoms with van der Waals surface area (Å²) in [5.41, 5.74) is 5.50. The van der Waals surface area contributed by atoms with Gasteiger partial charge in [-0.3, -0.25) is 23.9 Å². The van der Waals surface area contributed by atoms with E-state index in [9.17, 15) is 23.9 Å². The maximum absolute atomic E-state index is 13.2. The van der Waals surface area contributed by atoms with Crippen LogP contribution in [0.4, 0.5) is 4.39 Å². The third kappa shape index (κ3) is 3.02. The lowest BCUT2D eigenvalue weighted by Crippen LogP contribution is -2.44. The average Bonchev–Trinajstić information content (AvgIpc) is 2.73. The molecular formula is C20H17FN4O5. The van der Waals surface area contributed by atoms with E-state index in [1.807, 2.05) is 0 Å². The summed E-state index contributed by atoms with van der Waals surface area (Å²) >= 11 is 0. The lowest BCUT2D eigenvalue weighted by molar-refractivity contribution is -0.125. The summed E-state index contributed by atoms with van der Waals surface area (Å²) in [7, 11) is 1.32. The molecule has 10 heteroatoms. The van der Waals surface area contributed by atoms with E-state index < -0.39 is 34.8 Å². The fourth-order valence-corrected chi connectivity index (χ4v) is 3.48. The minimum absolute atomic E-state index is 0.0195. The Morgan fingerprint density at radius 1 is 1.37 bits per heavy atom. The summed E-state index contributed by atoms with van der Waals surface area (Å²) in [4.78, 5) is 41.2. The molecular weight excluding hydrogens is 395 g/mol. The first-order valence-corrected chi connectivity index (χ1v) is 9.01. The van der Waals surface area contributed by atoms with E-state index in [-0.39, 0.29) is 35.6 Å². The number of hydrogen-bond donors (Lipinski definition) is 3. The van der Waals surface area contributed by atoms with Crippen molar-refractivity contribution < 1.29 is 23.8 Å². The number of nitrogens with two attached hydrogens (primary N) is 1. The number of hydrogen-bond acceptors (Lipinski definition) is 6. The van der Waals surface area contributed by atoms with Crippen molar-refractivity contribution in [3.63, 3.8) is 0 Å². The molecule has 30 heavy (non-hydrogen) atoms. The first kappa shape index (κ1) is 19.4. The largest absolute Gasteiger partial charge is 0.505 e. The molecule has 1 aromatic carbocycles. The Morgan fingerprint density at radius 3 is 2.70 bits per heavy atom. The molecule has 0 bridgehead atoms. The Morgan fingerprint density at radius 2 is 2.07 bits per heavy atom. The van der Waals surface area contributed by atoms with Crippen LogP contribution < -0.4 is 21.3 Å². The van der Waals surface area contributed by atoms with Crippen molar-refractivity contribution in [3.8, 4) is 11.5 Å². The minimum Gasteiger partial charge on any atom is -0.505 e. The Bertz CT molecular complexity index is 1250. The van der Waals surface area contributed by atoms with Gasteiger partial charge in [-0.15, -0.1) is 0 Å². The number of nitrogens with zero attached hydrogens (tertiary/aromatic N) is 2. The maximum atomic E-state index is 13.2. The van der Waals surface area contributed by atoms with Gasteiger partial charge in [0, 0.05) is 25.2 Å². The number of ether oxygens (including phenoxy) is 1. The number of nitrogens with one attached hydrogen (secondary N) is 1. The molecule has 0 unspecified atom stereocenters. The number of rotatable bonds is 4. The smallest absolute Gasteiger partial charge is 0.268 e. The summed E-state index contributed by atoms with van der Waals surface area (Å²) in [5.74, 6) is -2.40. The second kappa shape index (κ2) is 7.14. The van der Waals surface area contributed by atoms with Crippen molar-refractivity contribution in [1.29, 1.82) is 0 Å². The van der Waals surface area contributed by atoms with E-state index >= 15 is 0 Å². The highest BCUT2D eigenvalue weighted by atomic mass is 19.1. The molecule has 154 valence electrons. The van der Waals surface area contributed by atoms with Crippen LogP contribution >= 0.6 is 0 Å². The fourth-order valence-electron chi connectivity index (χ4n) is 3.48. The Labute approximate surface area is 168 Å². The number of aromatic hydroxyl groups is 1. The number of aromatic nitrogens is 2. The molecule has 3 aromatic rings. The monoisotopic (exact) mass is 412 g/mol. The van der Waals surface area contributed by atoms with Crippen molar-refractivity contribution >= 4 is 22.8 Å². The van der Waals surface area contributed by atoms with Crippen LogP contribution in [-0.2, 0) is 17.8 Å². The van der Waals surface area contributed by atoms with Gasteiger partial charge in [0.2, 0.25) is 0 Å². The molecule has 2 aromatic heterocycles. The SMILES string of the molecule is CNC(=O)c1c(O)c2ncc(Cc3ccc(F)cc3)c3c2n(c1=O)C[C@@H](C(N)=O)O3. The fraction of sp³-hybridized carbons (Fsp3) is 0.200. The van der Waals surface area contributed by atoms with Crippen LogP contribution in [0.1, 0.15) is 21.5 Å². The van der Waals surface area contributed by atoms with Crippen LogP contribution in [0.3, 0.4) is 0 Å². The van der Waals surface area contributed by atoms with Crippen molar-refractivity contribution in [1.82, 2.24) is 14.9 Å². The zero-order valence-electron chi connectivity index (χ0n) is 15.8. The van der Waals surface area contributed by atoms with Crippen molar-refractivity contribution in [2.24, 2.45) is 5.73 Å². The number of carbonyl (C=O) groups excluding carboxylic acids is 2. The number of carbonyl (C=O) groups is 2. The van der Waals surface area contributed by atoms with Crippen molar-refractivity contribution in [3.05, 3.63) is 63.3 Å². The van der Waals surface area contributed by atoms with E-state index in [0.717, 1.165) is 10.1 Å². The van der Waals surface area contributed by atoms with E-state index in [2.05, 4.69) is 10.3 Å². The molecule has 0 spiro atoms. The highest BCUT2D eigenvalue weighted by Crippen LogP contribution is 2.37. The highest BCUT2D eigenvalue weighted by molar-refractivity contribution is 6.02. The number of benzene rings is 1. The molecule has 0 saturated heterocycles. The minimum atomic E-state index is -1.16. The topological polar surface area (TPSA) is 137 Å². The molecule has 1 aliphatic rings. The van der Waals surface area contributed by atoms with E-state index in [0.29, 0.717) is 5.56 Å². The predicted octanol–water partition coefficient (Wildman–Crippen LogP) is 0.438. The van der Waals surface area contributed by atoms with Gasteiger partial charge in [0.05, 0.1) is 6.54 Å². The molecule has 9 nitrogen and oxygen atoms in total. The molecule has 0 saturated carbocycles. The maximum Gasteiger partial charge on any atom is 0.268 e. The normalized spacial score (nSPS) is 14.9. The van der Waals surface area contributed by atoms with E-state index in [1.54, 1.807) is 12.1 Å². The number of primary amides is 1. The molecule has 0 aliphatic carbocycles. The van der Waals surface area contributed by atoms with Crippen molar-refractivity contribution in [2.75, 3.05) is 7.05 Å². The van der Waals surface area contributed by atoms with Crippen LogP contribution in [0.25, 0.3) is 11.0 Å². The molecule has 1 aliphatic heterocycles. The van der Waals surface area contributed by atoms with E-state index in [1.165, 1.54) is 25.4 Å². The van der Waals surface area contributed by atoms with Gasteiger partial charge in [-0.2, -0.15) is 0 Å². The third-order valence-corrected chi connectivity index (χ3v) is 4.96. The van der Waals surface area contributed by atoms with Gasteiger partial charge in [-0.05, 0) is 17.7 Å². The summed E-state index contributed by atoms with van der Waals surface area (Å²) in [6.45, 7) is -0.233. The highest BCUT2D eigenvalue weighted by Gasteiger charge is 2.33. The van der Waals surface area contributed by atoms with E-state index in [4.69, 9.17) is 10.5 Å². The number of amides is 2. The number of halogens is 1. The van der Waals surface area contributed by atoms with Gasteiger partial charge in [0.25, 0.3) is 17.4 Å². The zero-order chi connectivity index (χ0) is 21.6. The molecule has 0 radical (unpaired) electrons. The van der Waals surface area contributed by atoms with Crippen LogP contribution in [0.5, 0.6) is 11.5 Å². The third-order valence-electron chi connectivity index (χ3n) is 4.96. The first-order chi connectivity index (χ1) is 14.3. The first-order valence-electron chi connectivity index (χ1n) is 9.01. The Kier molecular flexibility index (Phi) is 4.61. The van der Waals surface area contributed by atoms with Crippen molar-refractivity contribution in [2.45, 2.75) is 19.1 Å². The van der Waals surface area contributed by atoms with Gasteiger partial charge < -0.3 is 20.9 Å². The van der Waals surface area contributed by atoms with Gasteiger partial charge in [0.1, 0.15) is 22.4 Å². The summed E-state index contributed by atoms with van der Waals surface area (Å²) in [6, 6.07) is 5.78. The van der Waals surface area contributed by atoms with Crippen LogP contribution in [0.2, 0.25) is 0 Å². The van der Waals surface area contributed by atoms with Crippen LogP contribution in [-0.4, -0.2) is 39.6 Å². The predicted molar refractivity (Wildman–Crippen MR) is 104 cm³/mol. The quantitative estimate of drug-likeness (QED) is 0.569. The lowest BCUT2D eigenvalue weighted by Gasteiger charge is -2.28. The molecule has 4 N–H and O–H groups in total. The van der Waals surface area contributed by atoms with Crippen LogP contribution in [0.15, 0.2) is 35.3 Å². The Hall–Kier alpha value is -3.95. The summed E-state index contributed by atoms with van der Waals surface area (Å²) in [6.07, 6.45) is 0.512. The molecule has 4 rings (SSSR count). The average molecular weight is 412 g/mol. The molecule has 1 atom stereocenters. The van der Waals surface area contributed by atoms with Gasteiger partial charge in [-0.1, -0.05) is 12.1 Å². The van der Waals surface area contributed by atoms with Gasteiger partial charge in [0.15, 0.2) is 17.6 Å². The second-order valence-electron chi connectivity index (χ2n) is 6.84. The van der Waals surface area contributed by atoms with Gasteiger partial charge >= 0.3 is 0 Å². The Balaban J connectivity index is 1.98. The molecule has 3 heterocycles. The molecule has 0 fully saturated rings. The zero-order valence-corrected chi connectivity index (χ0v) is 15.8.